The topological polar surface area (TPSA) is 44.8 Å². The van der Waals surface area contributed by atoms with E-state index in [0.717, 1.165) is 10.4 Å². The Bertz CT molecular complexity index is 732. The van der Waals surface area contributed by atoms with Crippen LogP contribution in [0.25, 0.3) is 0 Å². The van der Waals surface area contributed by atoms with Crippen molar-refractivity contribution in [2.75, 3.05) is 21.3 Å². The van der Waals surface area contributed by atoms with Crippen LogP contribution in [0, 0.1) is 0 Å². The van der Waals surface area contributed by atoms with Gasteiger partial charge in [0.1, 0.15) is 5.94 Å². The average Bonchev–Trinajstić information content (AvgIpc) is 2.69. The van der Waals surface area contributed by atoms with Gasteiger partial charge in [-0.1, -0.05) is 67.2 Å². The first-order chi connectivity index (χ1) is 12.1. The fourth-order valence-electron chi connectivity index (χ4n) is 2.93. The van der Waals surface area contributed by atoms with Gasteiger partial charge in [0, 0.05) is 0 Å². The molecule has 0 aliphatic heterocycles. The summed E-state index contributed by atoms with van der Waals surface area (Å²) in [5.41, 5.74) is 0. The molecule has 0 aliphatic carbocycles. The van der Waals surface area contributed by atoms with Crippen LogP contribution < -0.4 is 10.4 Å². The Labute approximate surface area is 149 Å². The van der Waals surface area contributed by atoms with E-state index >= 15 is 0 Å². The first-order valence-corrected chi connectivity index (χ1v) is 10.4. The molecule has 4 nitrogen and oxygen atoms in total. The van der Waals surface area contributed by atoms with Crippen LogP contribution in [0.5, 0.6) is 0 Å². The summed E-state index contributed by atoms with van der Waals surface area (Å²) in [4.78, 5) is 12.1. The van der Waals surface area contributed by atoms with Crippen LogP contribution in [0.15, 0.2) is 77.6 Å². The zero-order chi connectivity index (χ0) is 18.3. The molecular formula is C20H22O4Si. The molecule has 0 amide bonds. The summed E-state index contributed by atoms with van der Waals surface area (Å²) >= 11 is 0. The van der Waals surface area contributed by atoms with Crippen LogP contribution in [0.2, 0.25) is 6.55 Å². The molecule has 25 heavy (non-hydrogen) atoms. The van der Waals surface area contributed by atoms with Crippen LogP contribution in [-0.2, 0) is 19.0 Å². The molecule has 0 aromatic heterocycles. The highest BCUT2D eigenvalue weighted by Crippen LogP contribution is 2.25. The van der Waals surface area contributed by atoms with E-state index in [1.54, 1.807) is 0 Å². The second-order valence-electron chi connectivity index (χ2n) is 5.56. The van der Waals surface area contributed by atoms with Crippen LogP contribution in [-0.4, -0.2) is 35.3 Å². The van der Waals surface area contributed by atoms with Crippen LogP contribution in [0.3, 0.4) is 0 Å². The third-order valence-electron chi connectivity index (χ3n) is 4.29. The second kappa shape index (κ2) is 8.38. The van der Waals surface area contributed by atoms with Gasteiger partial charge >= 0.3 is 5.95 Å². The quantitative estimate of drug-likeness (QED) is 0.331. The van der Waals surface area contributed by atoms with Gasteiger partial charge in [0.25, 0.3) is 0 Å². The van der Waals surface area contributed by atoms with Crippen LogP contribution >= 0.6 is 0 Å². The maximum Gasteiger partial charge on any atom is 0.323 e. The Kier molecular flexibility index (Phi) is 6.23. The summed E-state index contributed by atoms with van der Waals surface area (Å²) in [6, 6.07) is 19.9. The van der Waals surface area contributed by atoms with E-state index in [9.17, 15) is 4.79 Å². The smallest absolute Gasteiger partial charge is 0.323 e. The fraction of sp³-hybridized carbons (Fsp3) is 0.200. The monoisotopic (exact) mass is 354 g/mol. The predicted molar refractivity (Wildman–Crippen MR) is 101 cm³/mol. The number of hydrogen-bond acceptors (Lipinski definition) is 4. The Hall–Kier alpha value is -2.75. The van der Waals surface area contributed by atoms with Gasteiger partial charge in [-0.15, -0.1) is 0 Å². The maximum atomic E-state index is 12.1. The zero-order valence-corrected chi connectivity index (χ0v) is 15.9. The number of methoxy groups -OCH3 is 3. The molecular weight excluding hydrogens is 332 g/mol. The van der Waals surface area contributed by atoms with Gasteiger partial charge in [-0.2, -0.15) is 0 Å². The van der Waals surface area contributed by atoms with Gasteiger partial charge in [0.05, 0.1) is 26.5 Å². The van der Waals surface area contributed by atoms with E-state index in [-0.39, 0.29) is 11.7 Å². The Morgan fingerprint density at radius 2 is 1.24 bits per heavy atom. The number of benzene rings is 2. The zero-order valence-electron chi connectivity index (χ0n) is 14.9. The lowest BCUT2D eigenvalue weighted by Gasteiger charge is -2.30. The predicted octanol–water partition coefficient (Wildman–Crippen LogP) is 2.28. The molecule has 2 aromatic carbocycles. The third kappa shape index (κ3) is 3.53. The Morgan fingerprint density at radius 3 is 1.56 bits per heavy atom. The van der Waals surface area contributed by atoms with Crippen molar-refractivity contribution in [3.8, 4) is 0 Å². The summed E-state index contributed by atoms with van der Waals surface area (Å²) in [6.45, 7) is 2.10. The van der Waals surface area contributed by atoms with Crippen molar-refractivity contribution in [3.63, 3.8) is 0 Å². The van der Waals surface area contributed by atoms with Gasteiger partial charge in [-0.05, 0) is 10.4 Å². The first-order valence-electron chi connectivity index (χ1n) is 7.86. The van der Waals surface area contributed by atoms with E-state index in [0.29, 0.717) is 5.20 Å². The Balaban J connectivity index is 2.80. The molecule has 0 unspecified atom stereocenters. The van der Waals surface area contributed by atoms with Crippen molar-refractivity contribution in [1.29, 1.82) is 0 Å². The standard InChI is InChI=1S/C20H22O4Si/c1-22-19(20(23-2)24-3)18(15-21)25(4,16-11-7-5-8-12-16)17-13-9-6-10-14-17/h5-14H,1-4H3. The fourth-order valence-corrected chi connectivity index (χ4v) is 6.42. The normalized spacial score (nSPS) is 10.4. The van der Waals surface area contributed by atoms with E-state index in [4.69, 9.17) is 14.2 Å². The van der Waals surface area contributed by atoms with E-state index in [1.165, 1.54) is 21.3 Å². The number of allylic oxidation sites excluding steroid dienone is 1. The minimum atomic E-state index is -2.66. The highest BCUT2D eigenvalue weighted by Gasteiger charge is 2.41. The minimum absolute atomic E-state index is 0.159. The first kappa shape index (κ1) is 18.6. The molecule has 5 heteroatoms. The molecule has 2 aromatic rings. The van der Waals surface area contributed by atoms with Crippen molar-refractivity contribution in [2.24, 2.45) is 0 Å². The lowest BCUT2D eigenvalue weighted by molar-refractivity contribution is 0.0720. The summed E-state index contributed by atoms with van der Waals surface area (Å²) in [7, 11) is 1.79. The van der Waals surface area contributed by atoms with Crippen molar-refractivity contribution in [2.45, 2.75) is 6.55 Å². The summed E-state index contributed by atoms with van der Waals surface area (Å²) in [5.74, 6) is 2.56. The molecule has 0 radical (unpaired) electrons. The van der Waals surface area contributed by atoms with E-state index < -0.39 is 8.07 Å². The van der Waals surface area contributed by atoms with Gasteiger partial charge < -0.3 is 14.2 Å². The maximum absolute atomic E-state index is 12.1. The van der Waals surface area contributed by atoms with Crippen molar-refractivity contribution >= 4 is 24.4 Å². The number of hydrogen-bond donors (Lipinski definition) is 0. The number of ether oxygens (including phenoxy) is 3. The highest BCUT2D eigenvalue weighted by molar-refractivity contribution is 7.07. The molecule has 2 rings (SSSR count). The summed E-state index contributed by atoms with van der Waals surface area (Å²) < 4.78 is 16.0. The highest BCUT2D eigenvalue weighted by atomic mass is 28.3. The molecule has 0 N–H and O–H groups in total. The second-order valence-corrected chi connectivity index (χ2v) is 9.47. The van der Waals surface area contributed by atoms with Gasteiger partial charge in [-0.25, -0.2) is 4.79 Å². The van der Waals surface area contributed by atoms with Gasteiger partial charge in [0.15, 0.2) is 8.07 Å². The SMILES string of the molecule is COC(OC)=C(OC)C(=C=O)[Si](C)(c1ccccc1)c1ccccc1. The minimum Gasteiger partial charge on any atom is -0.490 e. The molecule has 0 saturated heterocycles. The molecule has 0 atom stereocenters. The molecule has 0 spiro atoms. The summed E-state index contributed by atoms with van der Waals surface area (Å²) in [5, 5.41) is 2.58. The number of rotatable bonds is 7. The molecule has 0 bridgehead atoms. The van der Waals surface area contributed by atoms with E-state index in [1.807, 2.05) is 60.7 Å². The van der Waals surface area contributed by atoms with Crippen LogP contribution in [0.1, 0.15) is 0 Å². The molecule has 0 heterocycles. The third-order valence-corrected chi connectivity index (χ3v) is 8.60. The molecule has 0 aliphatic rings. The molecule has 0 fully saturated rings. The molecule has 130 valence electrons. The van der Waals surface area contributed by atoms with Crippen molar-refractivity contribution < 1.29 is 19.0 Å². The molecule has 0 saturated carbocycles. The number of carbonyl (C=O) groups excluding carboxylic acids is 1. The van der Waals surface area contributed by atoms with Crippen LogP contribution in [0.4, 0.5) is 0 Å². The van der Waals surface area contributed by atoms with E-state index in [2.05, 4.69) is 12.5 Å². The lowest BCUT2D eigenvalue weighted by Crippen LogP contribution is -2.58. The van der Waals surface area contributed by atoms with Crippen molar-refractivity contribution in [3.05, 3.63) is 77.6 Å². The lowest BCUT2D eigenvalue weighted by atomic mass is 10.4. The van der Waals surface area contributed by atoms with Gasteiger partial charge in [-0.3, -0.25) is 0 Å². The van der Waals surface area contributed by atoms with Crippen molar-refractivity contribution in [1.82, 2.24) is 0 Å². The average molecular weight is 354 g/mol. The Morgan fingerprint density at radius 1 is 0.800 bits per heavy atom. The largest absolute Gasteiger partial charge is 0.490 e. The summed E-state index contributed by atoms with van der Waals surface area (Å²) in [6.07, 6.45) is 0. The van der Waals surface area contributed by atoms with Gasteiger partial charge in [0.2, 0.25) is 5.76 Å².